The van der Waals surface area contributed by atoms with Gasteiger partial charge in [0.2, 0.25) is 0 Å². The van der Waals surface area contributed by atoms with Crippen molar-refractivity contribution in [1.29, 1.82) is 0 Å². The topological polar surface area (TPSA) is 55.4 Å². The molecule has 2 rings (SSSR count). The van der Waals surface area contributed by atoms with Crippen molar-refractivity contribution in [2.75, 3.05) is 17.7 Å². The van der Waals surface area contributed by atoms with Crippen LogP contribution in [0.15, 0.2) is 18.2 Å². The zero-order valence-corrected chi connectivity index (χ0v) is 15.9. The number of anilines is 1. The average molecular weight is 368 g/mol. The molecule has 0 aromatic heterocycles. The summed E-state index contributed by atoms with van der Waals surface area (Å²) in [6.45, 7) is 3.68. The SMILES string of the molecule is Cc1ccc(C)c(NC(=O)COC(=O)CCCC[C@@H]2CCSS2)c1. The van der Waals surface area contributed by atoms with Gasteiger partial charge in [-0.25, -0.2) is 0 Å². The maximum absolute atomic E-state index is 11.9. The summed E-state index contributed by atoms with van der Waals surface area (Å²) in [5.74, 6) is 0.656. The number of carbonyl (C=O) groups is 2. The highest BCUT2D eigenvalue weighted by Gasteiger charge is 2.16. The molecule has 1 aromatic rings. The van der Waals surface area contributed by atoms with E-state index < -0.39 is 0 Å². The summed E-state index contributed by atoms with van der Waals surface area (Å²) in [4.78, 5) is 23.6. The van der Waals surface area contributed by atoms with E-state index in [0.29, 0.717) is 6.42 Å². The zero-order valence-electron chi connectivity index (χ0n) is 14.3. The molecule has 0 spiro atoms. The van der Waals surface area contributed by atoms with E-state index in [2.05, 4.69) is 5.32 Å². The van der Waals surface area contributed by atoms with Crippen LogP contribution < -0.4 is 5.32 Å². The van der Waals surface area contributed by atoms with Gasteiger partial charge >= 0.3 is 5.97 Å². The van der Waals surface area contributed by atoms with Crippen LogP contribution >= 0.6 is 21.6 Å². The Labute approximate surface area is 151 Å². The molecule has 24 heavy (non-hydrogen) atoms. The molecule has 132 valence electrons. The van der Waals surface area contributed by atoms with E-state index in [0.717, 1.165) is 41.3 Å². The Bertz CT molecular complexity index is 571. The van der Waals surface area contributed by atoms with Crippen LogP contribution in [0.2, 0.25) is 0 Å². The molecule has 0 radical (unpaired) electrons. The molecule has 0 aliphatic carbocycles. The number of amides is 1. The van der Waals surface area contributed by atoms with Gasteiger partial charge in [0.15, 0.2) is 6.61 Å². The van der Waals surface area contributed by atoms with Crippen molar-refractivity contribution in [3.05, 3.63) is 29.3 Å². The molecule has 1 atom stereocenters. The Morgan fingerprint density at radius 1 is 1.29 bits per heavy atom. The van der Waals surface area contributed by atoms with Gasteiger partial charge in [-0.1, -0.05) is 40.1 Å². The number of nitrogens with one attached hydrogen (secondary N) is 1. The molecule has 1 N–H and O–H groups in total. The number of benzene rings is 1. The van der Waals surface area contributed by atoms with Gasteiger partial charge in [0.25, 0.3) is 5.91 Å². The van der Waals surface area contributed by atoms with Crippen LogP contribution in [0, 0.1) is 13.8 Å². The van der Waals surface area contributed by atoms with Gasteiger partial charge < -0.3 is 10.1 Å². The Hall–Kier alpha value is -1.14. The van der Waals surface area contributed by atoms with E-state index >= 15 is 0 Å². The van der Waals surface area contributed by atoms with Crippen molar-refractivity contribution in [2.45, 2.75) is 51.2 Å². The lowest BCUT2D eigenvalue weighted by molar-refractivity contribution is -0.147. The highest BCUT2D eigenvalue weighted by molar-refractivity contribution is 8.77. The number of aryl methyl sites for hydroxylation is 2. The highest BCUT2D eigenvalue weighted by Crippen LogP contribution is 2.39. The van der Waals surface area contributed by atoms with E-state index in [1.807, 2.05) is 53.6 Å². The molecule has 1 heterocycles. The summed E-state index contributed by atoms with van der Waals surface area (Å²) < 4.78 is 5.06. The van der Waals surface area contributed by atoms with Crippen molar-refractivity contribution in [3.63, 3.8) is 0 Å². The number of ether oxygens (including phenoxy) is 1. The van der Waals surface area contributed by atoms with Gasteiger partial charge in [-0.15, -0.1) is 0 Å². The number of hydrogen-bond donors (Lipinski definition) is 1. The fourth-order valence-corrected chi connectivity index (χ4v) is 5.51. The predicted octanol–water partition coefficient (Wildman–Crippen LogP) is 4.50. The fraction of sp³-hybridized carbons (Fsp3) is 0.556. The second-order valence-corrected chi connectivity index (χ2v) is 8.89. The molecule has 0 saturated carbocycles. The Kier molecular flexibility index (Phi) is 7.99. The smallest absolute Gasteiger partial charge is 0.306 e. The minimum absolute atomic E-state index is 0.221. The third-order valence-electron chi connectivity index (χ3n) is 3.92. The van der Waals surface area contributed by atoms with E-state index in [1.165, 1.54) is 12.2 Å². The van der Waals surface area contributed by atoms with Gasteiger partial charge in [-0.3, -0.25) is 9.59 Å². The monoisotopic (exact) mass is 367 g/mol. The zero-order chi connectivity index (χ0) is 17.4. The highest BCUT2D eigenvalue weighted by atomic mass is 33.1. The van der Waals surface area contributed by atoms with Crippen LogP contribution in [0.5, 0.6) is 0 Å². The third-order valence-corrected chi connectivity index (χ3v) is 6.92. The third kappa shape index (κ3) is 6.77. The minimum atomic E-state index is -0.295. The molecule has 1 saturated heterocycles. The van der Waals surface area contributed by atoms with Crippen LogP contribution in [0.4, 0.5) is 5.69 Å². The van der Waals surface area contributed by atoms with Crippen molar-refractivity contribution in [2.24, 2.45) is 0 Å². The van der Waals surface area contributed by atoms with Crippen LogP contribution in [-0.2, 0) is 14.3 Å². The van der Waals surface area contributed by atoms with Gasteiger partial charge in [0.1, 0.15) is 0 Å². The molecule has 1 aromatic carbocycles. The Morgan fingerprint density at radius 3 is 2.88 bits per heavy atom. The van der Waals surface area contributed by atoms with E-state index in [1.54, 1.807) is 0 Å². The van der Waals surface area contributed by atoms with Crippen molar-refractivity contribution in [3.8, 4) is 0 Å². The molecule has 0 bridgehead atoms. The van der Waals surface area contributed by atoms with Gasteiger partial charge in [-0.05, 0) is 50.3 Å². The molecule has 1 amide bonds. The van der Waals surface area contributed by atoms with Gasteiger partial charge in [0.05, 0.1) is 0 Å². The summed E-state index contributed by atoms with van der Waals surface area (Å²) >= 11 is 0. The summed E-state index contributed by atoms with van der Waals surface area (Å²) in [6, 6.07) is 5.86. The molecule has 0 unspecified atom stereocenters. The maximum Gasteiger partial charge on any atom is 0.306 e. The van der Waals surface area contributed by atoms with Gasteiger partial charge in [-0.2, -0.15) is 0 Å². The van der Waals surface area contributed by atoms with Crippen molar-refractivity contribution in [1.82, 2.24) is 0 Å². The fourth-order valence-electron chi connectivity index (χ4n) is 2.48. The second kappa shape index (κ2) is 9.99. The Morgan fingerprint density at radius 2 is 2.12 bits per heavy atom. The molecule has 1 aliphatic rings. The number of esters is 1. The summed E-state index contributed by atoms with van der Waals surface area (Å²) in [7, 11) is 3.91. The standard InChI is InChI=1S/C18H25NO3S2/c1-13-7-8-14(2)16(11-13)19-17(20)12-22-18(21)6-4-3-5-15-9-10-23-24-15/h7-8,11,15H,3-6,9-10,12H2,1-2H3,(H,19,20)/t15-/m1/s1. The van der Waals surface area contributed by atoms with E-state index in [4.69, 9.17) is 4.74 Å². The van der Waals surface area contributed by atoms with Crippen LogP contribution in [0.25, 0.3) is 0 Å². The molecule has 6 heteroatoms. The van der Waals surface area contributed by atoms with Crippen LogP contribution in [0.3, 0.4) is 0 Å². The molecule has 4 nitrogen and oxygen atoms in total. The molecular formula is C18H25NO3S2. The normalized spacial score (nSPS) is 16.8. The molecule has 1 fully saturated rings. The predicted molar refractivity (Wildman–Crippen MR) is 102 cm³/mol. The quantitative estimate of drug-likeness (QED) is 0.416. The van der Waals surface area contributed by atoms with E-state index in [9.17, 15) is 9.59 Å². The summed E-state index contributed by atoms with van der Waals surface area (Å²) in [6.07, 6.45) is 4.71. The lowest BCUT2D eigenvalue weighted by atomic mass is 10.1. The maximum atomic E-state index is 11.9. The summed E-state index contributed by atoms with van der Waals surface area (Å²) in [5, 5.41) is 3.53. The number of unbranched alkanes of at least 4 members (excludes halogenated alkanes) is 1. The number of hydrogen-bond acceptors (Lipinski definition) is 5. The second-order valence-electron chi connectivity index (χ2n) is 6.10. The number of rotatable bonds is 8. The van der Waals surface area contributed by atoms with Gasteiger partial charge in [0, 0.05) is 23.1 Å². The largest absolute Gasteiger partial charge is 0.456 e. The minimum Gasteiger partial charge on any atom is -0.456 e. The van der Waals surface area contributed by atoms with E-state index in [-0.39, 0.29) is 18.5 Å². The van der Waals surface area contributed by atoms with Crippen LogP contribution in [-0.4, -0.2) is 29.5 Å². The first-order valence-corrected chi connectivity index (χ1v) is 10.7. The summed E-state index contributed by atoms with van der Waals surface area (Å²) in [5.41, 5.74) is 2.83. The lowest BCUT2D eigenvalue weighted by Gasteiger charge is -2.10. The first-order valence-electron chi connectivity index (χ1n) is 8.35. The first-order chi connectivity index (χ1) is 11.5. The number of carbonyl (C=O) groups excluding carboxylic acids is 2. The molecular weight excluding hydrogens is 342 g/mol. The lowest BCUT2D eigenvalue weighted by Crippen LogP contribution is -2.21. The van der Waals surface area contributed by atoms with Crippen molar-refractivity contribution < 1.29 is 14.3 Å². The Balaban J connectivity index is 1.60. The first kappa shape index (κ1) is 19.2. The van der Waals surface area contributed by atoms with Crippen molar-refractivity contribution >= 4 is 39.2 Å². The molecule has 1 aliphatic heterocycles. The average Bonchev–Trinajstić information content (AvgIpc) is 3.06. The van der Waals surface area contributed by atoms with Crippen LogP contribution in [0.1, 0.15) is 43.2 Å².